The minimum Gasteiger partial charge on any atom is -0.352 e. The molecule has 7 heteroatoms. The minimum atomic E-state index is -2.98. The lowest BCUT2D eigenvalue weighted by molar-refractivity contribution is -0.133. The van der Waals surface area contributed by atoms with Gasteiger partial charge < -0.3 is 10.2 Å². The number of amides is 2. The molecule has 2 rings (SSSR count). The van der Waals surface area contributed by atoms with Crippen LogP contribution >= 0.6 is 0 Å². The van der Waals surface area contributed by atoms with Crippen LogP contribution in [0.4, 0.5) is 0 Å². The first-order valence-electron chi connectivity index (χ1n) is 7.74. The van der Waals surface area contributed by atoms with Gasteiger partial charge in [0.25, 0.3) is 0 Å². The first-order chi connectivity index (χ1) is 9.96. The molecule has 21 heavy (non-hydrogen) atoms. The molecule has 2 fully saturated rings. The number of nitrogens with one attached hydrogen (secondary N) is 1. The van der Waals surface area contributed by atoms with Gasteiger partial charge in [0.1, 0.15) is 0 Å². The summed E-state index contributed by atoms with van der Waals surface area (Å²) in [6, 6.07) is -0.282. The highest BCUT2D eigenvalue weighted by Gasteiger charge is 2.29. The molecule has 6 nitrogen and oxygen atoms in total. The van der Waals surface area contributed by atoms with E-state index in [1.54, 1.807) is 0 Å². The summed E-state index contributed by atoms with van der Waals surface area (Å²) in [7, 11) is -2.98. The van der Waals surface area contributed by atoms with Crippen molar-refractivity contribution in [3.05, 3.63) is 0 Å². The van der Waals surface area contributed by atoms with Crippen LogP contribution in [-0.2, 0) is 19.4 Å². The van der Waals surface area contributed by atoms with E-state index >= 15 is 0 Å². The number of nitrogens with zero attached hydrogens (tertiary/aromatic N) is 1. The zero-order valence-corrected chi connectivity index (χ0v) is 13.2. The Bertz CT molecular complexity index is 481. The Kier molecular flexibility index (Phi) is 5.61. The summed E-state index contributed by atoms with van der Waals surface area (Å²) in [6.07, 6.45) is 5.25. The van der Waals surface area contributed by atoms with Crippen molar-refractivity contribution in [2.45, 2.75) is 51.0 Å². The number of carbonyl (C=O) groups is 2. The molecule has 2 saturated heterocycles. The van der Waals surface area contributed by atoms with Gasteiger partial charge in [-0.2, -0.15) is 0 Å². The van der Waals surface area contributed by atoms with Crippen molar-refractivity contribution in [2.24, 2.45) is 0 Å². The average molecular weight is 316 g/mol. The molecule has 0 spiro atoms. The number of likely N-dealkylation sites (tertiary alicyclic amines) is 1. The Hall–Kier alpha value is -1.11. The maximum absolute atomic E-state index is 12.0. The zero-order valence-electron chi connectivity index (χ0n) is 12.3. The van der Waals surface area contributed by atoms with Crippen molar-refractivity contribution in [2.75, 3.05) is 24.6 Å². The third-order valence-corrected chi connectivity index (χ3v) is 5.89. The van der Waals surface area contributed by atoms with Crippen molar-refractivity contribution < 1.29 is 18.0 Å². The van der Waals surface area contributed by atoms with Crippen molar-refractivity contribution in [1.82, 2.24) is 10.2 Å². The largest absolute Gasteiger partial charge is 0.352 e. The third kappa shape index (κ3) is 5.30. The fourth-order valence-corrected chi connectivity index (χ4v) is 4.58. The zero-order chi connectivity index (χ0) is 15.3. The molecule has 0 unspecified atom stereocenters. The van der Waals surface area contributed by atoms with Gasteiger partial charge in [0.05, 0.1) is 11.5 Å². The maximum atomic E-state index is 12.0. The summed E-state index contributed by atoms with van der Waals surface area (Å²) in [5.74, 6) is -0.0184. The van der Waals surface area contributed by atoms with Gasteiger partial charge in [-0.3, -0.25) is 9.59 Å². The Morgan fingerprint density at radius 2 is 1.71 bits per heavy atom. The Morgan fingerprint density at radius 3 is 2.29 bits per heavy atom. The predicted octanol–water partition coefficient (Wildman–Crippen LogP) is 0.473. The second-order valence-electron chi connectivity index (χ2n) is 5.96. The molecular formula is C14H24N2O4S. The highest BCUT2D eigenvalue weighted by molar-refractivity contribution is 7.91. The van der Waals surface area contributed by atoms with Gasteiger partial charge in [-0.05, 0) is 19.3 Å². The van der Waals surface area contributed by atoms with Gasteiger partial charge in [-0.25, -0.2) is 8.42 Å². The lowest BCUT2D eigenvalue weighted by atomic mass is 10.2. The van der Waals surface area contributed by atoms with E-state index in [2.05, 4.69) is 5.32 Å². The summed E-state index contributed by atoms with van der Waals surface area (Å²) in [5.41, 5.74) is 0. The van der Waals surface area contributed by atoms with E-state index in [-0.39, 0.29) is 42.2 Å². The first-order valence-corrected chi connectivity index (χ1v) is 9.56. The molecule has 2 aliphatic heterocycles. The number of hydrogen-bond acceptors (Lipinski definition) is 4. The quantitative estimate of drug-likeness (QED) is 0.817. The van der Waals surface area contributed by atoms with E-state index in [1.165, 1.54) is 12.8 Å². The molecule has 0 aromatic heterocycles. The summed E-state index contributed by atoms with van der Waals surface area (Å²) in [5, 5.41) is 2.72. The summed E-state index contributed by atoms with van der Waals surface area (Å²) >= 11 is 0. The smallest absolute Gasteiger partial charge is 0.223 e. The van der Waals surface area contributed by atoms with E-state index in [1.807, 2.05) is 4.90 Å². The second kappa shape index (κ2) is 7.24. The molecule has 1 atom stereocenters. The molecule has 0 bridgehead atoms. The Labute approximate surface area is 126 Å². The van der Waals surface area contributed by atoms with Crippen LogP contribution in [0.3, 0.4) is 0 Å². The Morgan fingerprint density at radius 1 is 1.05 bits per heavy atom. The van der Waals surface area contributed by atoms with Crippen molar-refractivity contribution >= 4 is 21.7 Å². The van der Waals surface area contributed by atoms with Crippen LogP contribution < -0.4 is 5.32 Å². The molecule has 2 aliphatic rings. The molecule has 0 saturated carbocycles. The summed E-state index contributed by atoms with van der Waals surface area (Å²) in [6.45, 7) is 1.59. The highest BCUT2D eigenvalue weighted by Crippen LogP contribution is 2.13. The van der Waals surface area contributed by atoms with Crippen molar-refractivity contribution in [3.8, 4) is 0 Å². The summed E-state index contributed by atoms with van der Waals surface area (Å²) in [4.78, 5) is 25.7. The number of hydrogen-bond donors (Lipinski definition) is 1. The predicted molar refractivity (Wildman–Crippen MR) is 79.5 cm³/mol. The van der Waals surface area contributed by atoms with Crippen LogP contribution in [0.25, 0.3) is 0 Å². The SMILES string of the molecule is O=C(CCC(=O)N1CCCCCC1)N[C@H]1CCS(=O)(=O)C1. The number of rotatable bonds is 4. The molecule has 0 aromatic rings. The monoisotopic (exact) mass is 316 g/mol. The lowest BCUT2D eigenvalue weighted by Crippen LogP contribution is -2.37. The van der Waals surface area contributed by atoms with Crippen LogP contribution in [-0.4, -0.2) is 55.8 Å². The van der Waals surface area contributed by atoms with Gasteiger partial charge in [0.2, 0.25) is 11.8 Å². The molecule has 2 heterocycles. The summed E-state index contributed by atoms with van der Waals surface area (Å²) < 4.78 is 22.6. The van der Waals surface area contributed by atoms with Gasteiger partial charge >= 0.3 is 0 Å². The van der Waals surface area contributed by atoms with E-state index in [4.69, 9.17) is 0 Å². The highest BCUT2D eigenvalue weighted by atomic mass is 32.2. The molecule has 120 valence electrons. The maximum Gasteiger partial charge on any atom is 0.223 e. The Balaban J connectivity index is 1.69. The van der Waals surface area contributed by atoms with Crippen LogP contribution in [0.5, 0.6) is 0 Å². The van der Waals surface area contributed by atoms with Crippen LogP contribution in [0.2, 0.25) is 0 Å². The molecule has 2 amide bonds. The van der Waals surface area contributed by atoms with Gasteiger partial charge in [-0.15, -0.1) is 0 Å². The number of carbonyl (C=O) groups excluding carboxylic acids is 2. The molecule has 0 aliphatic carbocycles. The van der Waals surface area contributed by atoms with Gasteiger partial charge in [0.15, 0.2) is 9.84 Å². The van der Waals surface area contributed by atoms with E-state index in [0.29, 0.717) is 6.42 Å². The molecule has 0 aromatic carbocycles. The van der Waals surface area contributed by atoms with Crippen molar-refractivity contribution in [3.63, 3.8) is 0 Å². The molecule has 1 N–H and O–H groups in total. The van der Waals surface area contributed by atoms with Crippen LogP contribution in [0.15, 0.2) is 0 Å². The van der Waals surface area contributed by atoms with Crippen molar-refractivity contribution in [1.29, 1.82) is 0 Å². The van der Waals surface area contributed by atoms with Crippen LogP contribution in [0.1, 0.15) is 44.9 Å². The minimum absolute atomic E-state index is 0.0266. The average Bonchev–Trinajstić information content (AvgIpc) is 2.66. The third-order valence-electron chi connectivity index (χ3n) is 4.12. The first kappa shape index (κ1) is 16.3. The fourth-order valence-electron chi connectivity index (χ4n) is 2.91. The van der Waals surface area contributed by atoms with Gasteiger partial charge in [0, 0.05) is 32.0 Å². The normalized spacial score (nSPS) is 25.3. The van der Waals surface area contributed by atoms with E-state index in [9.17, 15) is 18.0 Å². The topological polar surface area (TPSA) is 83.6 Å². The molecular weight excluding hydrogens is 292 g/mol. The van der Waals surface area contributed by atoms with E-state index < -0.39 is 9.84 Å². The fraction of sp³-hybridized carbons (Fsp3) is 0.857. The van der Waals surface area contributed by atoms with Crippen LogP contribution in [0, 0.1) is 0 Å². The van der Waals surface area contributed by atoms with E-state index in [0.717, 1.165) is 25.9 Å². The second-order valence-corrected chi connectivity index (χ2v) is 8.19. The number of sulfone groups is 1. The molecule has 0 radical (unpaired) electrons. The lowest BCUT2D eigenvalue weighted by Gasteiger charge is -2.20. The standard InChI is InChI=1S/C14H24N2O4S/c17-13(15-12-7-10-21(19,20)11-12)5-6-14(18)16-8-3-1-2-4-9-16/h12H,1-11H2,(H,15,17)/t12-/m0/s1. The van der Waals surface area contributed by atoms with Gasteiger partial charge in [-0.1, -0.05) is 12.8 Å².